The van der Waals surface area contributed by atoms with Crippen LogP contribution in [0.1, 0.15) is 36.2 Å². The summed E-state index contributed by atoms with van der Waals surface area (Å²) in [6.07, 6.45) is 8.92. The number of rotatable bonds is 5. The molecule has 33 heavy (non-hydrogen) atoms. The summed E-state index contributed by atoms with van der Waals surface area (Å²) in [5, 5.41) is 0. The van der Waals surface area contributed by atoms with Gasteiger partial charge in [0.2, 0.25) is 5.91 Å². The van der Waals surface area contributed by atoms with E-state index in [1.165, 1.54) is 0 Å². The molecule has 2 fully saturated rings. The maximum atomic E-state index is 13.0. The Morgan fingerprint density at radius 2 is 1.82 bits per heavy atom. The second-order valence-corrected chi connectivity index (χ2v) is 8.95. The first kappa shape index (κ1) is 21.4. The highest BCUT2D eigenvalue weighted by molar-refractivity contribution is 5.93. The summed E-state index contributed by atoms with van der Waals surface area (Å²) in [6, 6.07) is 11.7. The predicted molar refractivity (Wildman–Crippen MR) is 126 cm³/mol. The SMILES string of the molecule is O=C(CCC1CCCN(C(=O)c2cn3ccccc3n2)C1)N1CCN(c2ccccn2)CC1. The molecule has 0 radical (unpaired) electrons. The number of pyridine rings is 2. The van der Waals surface area contributed by atoms with Gasteiger partial charge in [-0.1, -0.05) is 12.1 Å². The number of hydrogen-bond donors (Lipinski definition) is 0. The van der Waals surface area contributed by atoms with Gasteiger partial charge in [0.05, 0.1) is 0 Å². The molecule has 8 heteroatoms. The summed E-state index contributed by atoms with van der Waals surface area (Å²) in [6.45, 7) is 4.55. The molecule has 5 heterocycles. The van der Waals surface area contributed by atoms with Gasteiger partial charge in [0.1, 0.15) is 17.2 Å². The highest BCUT2D eigenvalue weighted by Gasteiger charge is 2.27. The van der Waals surface area contributed by atoms with Crippen molar-refractivity contribution < 1.29 is 9.59 Å². The van der Waals surface area contributed by atoms with Crippen LogP contribution in [0.3, 0.4) is 0 Å². The Hall–Kier alpha value is -3.42. The molecule has 172 valence electrons. The first-order valence-corrected chi connectivity index (χ1v) is 11.8. The minimum atomic E-state index is -0.0135. The minimum Gasteiger partial charge on any atom is -0.353 e. The van der Waals surface area contributed by atoms with Gasteiger partial charge in [0.15, 0.2) is 0 Å². The molecule has 1 atom stereocenters. The molecule has 2 amide bonds. The van der Waals surface area contributed by atoms with Crippen LogP contribution in [0.5, 0.6) is 0 Å². The van der Waals surface area contributed by atoms with Gasteiger partial charge in [-0.15, -0.1) is 0 Å². The Morgan fingerprint density at radius 3 is 2.61 bits per heavy atom. The molecule has 3 aromatic heterocycles. The zero-order chi connectivity index (χ0) is 22.6. The zero-order valence-electron chi connectivity index (χ0n) is 18.8. The molecular formula is C25H30N6O2. The number of nitrogens with zero attached hydrogens (tertiary/aromatic N) is 6. The third kappa shape index (κ3) is 4.84. The molecule has 0 aromatic carbocycles. The van der Waals surface area contributed by atoms with E-state index in [1.54, 1.807) is 12.4 Å². The van der Waals surface area contributed by atoms with E-state index < -0.39 is 0 Å². The van der Waals surface area contributed by atoms with Crippen molar-refractivity contribution in [1.82, 2.24) is 24.2 Å². The maximum Gasteiger partial charge on any atom is 0.274 e. The Labute approximate surface area is 193 Å². The van der Waals surface area contributed by atoms with E-state index in [4.69, 9.17) is 0 Å². The maximum absolute atomic E-state index is 13.0. The van der Waals surface area contributed by atoms with Crippen LogP contribution in [0.2, 0.25) is 0 Å². The van der Waals surface area contributed by atoms with Crippen LogP contribution in [0.15, 0.2) is 55.0 Å². The van der Waals surface area contributed by atoms with Crippen LogP contribution in [-0.2, 0) is 4.79 Å². The molecule has 1 unspecified atom stereocenters. The molecule has 2 aliphatic heterocycles. The Balaban J connectivity index is 1.11. The van der Waals surface area contributed by atoms with Crippen LogP contribution in [0.25, 0.3) is 5.65 Å². The van der Waals surface area contributed by atoms with Gasteiger partial charge >= 0.3 is 0 Å². The number of aromatic nitrogens is 3. The minimum absolute atomic E-state index is 0.0135. The predicted octanol–water partition coefficient (Wildman–Crippen LogP) is 2.71. The van der Waals surface area contributed by atoms with Crippen molar-refractivity contribution in [3.63, 3.8) is 0 Å². The zero-order valence-corrected chi connectivity index (χ0v) is 18.8. The van der Waals surface area contributed by atoms with Crippen molar-refractivity contribution >= 4 is 23.3 Å². The summed E-state index contributed by atoms with van der Waals surface area (Å²) >= 11 is 0. The van der Waals surface area contributed by atoms with E-state index in [1.807, 2.05) is 56.8 Å². The monoisotopic (exact) mass is 446 g/mol. The van der Waals surface area contributed by atoms with Crippen molar-refractivity contribution in [2.45, 2.75) is 25.7 Å². The smallest absolute Gasteiger partial charge is 0.274 e. The summed E-state index contributed by atoms with van der Waals surface area (Å²) in [5.41, 5.74) is 1.27. The van der Waals surface area contributed by atoms with Gasteiger partial charge in [-0.05, 0) is 49.4 Å². The van der Waals surface area contributed by atoms with Gasteiger partial charge in [-0.25, -0.2) is 9.97 Å². The molecule has 2 aliphatic rings. The Kier molecular flexibility index (Phi) is 6.24. The van der Waals surface area contributed by atoms with Gasteiger partial charge < -0.3 is 19.1 Å². The van der Waals surface area contributed by atoms with E-state index in [2.05, 4.69) is 14.9 Å². The number of hydrogen-bond acceptors (Lipinski definition) is 5. The number of carbonyl (C=O) groups is 2. The van der Waals surface area contributed by atoms with Gasteiger partial charge in [-0.3, -0.25) is 9.59 Å². The quantitative estimate of drug-likeness (QED) is 0.603. The first-order valence-electron chi connectivity index (χ1n) is 11.8. The van der Waals surface area contributed by atoms with E-state index in [0.717, 1.165) is 63.5 Å². The summed E-state index contributed by atoms with van der Waals surface area (Å²) in [4.78, 5) is 40.8. The second kappa shape index (κ2) is 9.60. The molecule has 0 N–H and O–H groups in total. The molecule has 0 aliphatic carbocycles. The van der Waals surface area contributed by atoms with E-state index in [9.17, 15) is 9.59 Å². The fourth-order valence-electron chi connectivity index (χ4n) is 4.90. The van der Waals surface area contributed by atoms with Crippen molar-refractivity contribution in [3.05, 3.63) is 60.7 Å². The molecule has 3 aromatic rings. The van der Waals surface area contributed by atoms with Crippen molar-refractivity contribution in [2.75, 3.05) is 44.2 Å². The lowest BCUT2D eigenvalue weighted by atomic mass is 9.93. The van der Waals surface area contributed by atoms with Crippen molar-refractivity contribution in [1.29, 1.82) is 0 Å². The third-order valence-electron chi connectivity index (χ3n) is 6.76. The number of likely N-dealkylation sites (tertiary alicyclic amines) is 1. The molecule has 0 spiro atoms. The number of imidazole rings is 1. The lowest BCUT2D eigenvalue weighted by Crippen LogP contribution is -2.49. The van der Waals surface area contributed by atoms with Crippen LogP contribution in [0.4, 0.5) is 5.82 Å². The van der Waals surface area contributed by atoms with Crippen molar-refractivity contribution in [2.24, 2.45) is 5.92 Å². The molecule has 8 nitrogen and oxygen atoms in total. The summed E-state index contributed by atoms with van der Waals surface area (Å²) in [7, 11) is 0. The van der Waals surface area contributed by atoms with E-state index in [0.29, 0.717) is 24.6 Å². The van der Waals surface area contributed by atoms with E-state index in [-0.39, 0.29) is 11.8 Å². The van der Waals surface area contributed by atoms with Crippen LogP contribution in [0, 0.1) is 5.92 Å². The van der Waals surface area contributed by atoms with Gasteiger partial charge in [0, 0.05) is 64.3 Å². The molecule has 0 saturated carbocycles. The normalized spacial score (nSPS) is 19.2. The number of piperidine rings is 1. The number of fused-ring (bicyclic) bond motifs is 1. The highest BCUT2D eigenvalue weighted by Crippen LogP contribution is 2.23. The third-order valence-corrected chi connectivity index (χ3v) is 6.76. The summed E-state index contributed by atoms with van der Waals surface area (Å²) < 4.78 is 1.88. The second-order valence-electron chi connectivity index (χ2n) is 8.95. The Bertz CT molecular complexity index is 1070. The number of piperazine rings is 1. The molecular weight excluding hydrogens is 416 g/mol. The Morgan fingerprint density at radius 1 is 0.970 bits per heavy atom. The lowest BCUT2D eigenvalue weighted by molar-refractivity contribution is -0.131. The van der Waals surface area contributed by atoms with Crippen LogP contribution in [-0.4, -0.2) is 75.3 Å². The average molecular weight is 447 g/mol. The standard InChI is InChI=1S/C25H30N6O2/c32-24(29-16-14-28(15-17-29)22-7-1-3-11-26-22)10-9-20-6-5-13-31(18-20)25(33)21-19-30-12-4-2-8-23(30)27-21/h1-4,7-8,11-12,19-20H,5-6,9-10,13-18H2. The lowest BCUT2D eigenvalue weighted by Gasteiger charge is -2.36. The molecule has 0 bridgehead atoms. The van der Waals surface area contributed by atoms with E-state index >= 15 is 0 Å². The fourth-order valence-corrected chi connectivity index (χ4v) is 4.90. The van der Waals surface area contributed by atoms with Crippen LogP contribution >= 0.6 is 0 Å². The van der Waals surface area contributed by atoms with Crippen LogP contribution < -0.4 is 4.90 Å². The van der Waals surface area contributed by atoms with Gasteiger partial charge in [0.25, 0.3) is 5.91 Å². The number of anilines is 1. The number of carbonyl (C=O) groups excluding carboxylic acids is 2. The average Bonchev–Trinajstić information content (AvgIpc) is 3.32. The largest absolute Gasteiger partial charge is 0.353 e. The molecule has 5 rings (SSSR count). The highest BCUT2D eigenvalue weighted by atomic mass is 16.2. The summed E-state index contributed by atoms with van der Waals surface area (Å²) in [5.74, 6) is 1.54. The topological polar surface area (TPSA) is 74.1 Å². The number of amides is 2. The first-order chi connectivity index (χ1) is 16.2. The molecule has 2 saturated heterocycles. The van der Waals surface area contributed by atoms with Crippen molar-refractivity contribution in [3.8, 4) is 0 Å². The fraction of sp³-hybridized carbons (Fsp3) is 0.440. The van der Waals surface area contributed by atoms with Gasteiger partial charge in [-0.2, -0.15) is 0 Å².